The van der Waals surface area contributed by atoms with Gasteiger partial charge in [0.2, 0.25) is 0 Å². The van der Waals surface area contributed by atoms with E-state index < -0.39 is 0 Å². The van der Waals surface area contributed by atoms with Gasteiger partial charge >= 0.3 is 6.03 Å². The van der Waals surface area contributed by atoms with Crippen molar-refractivity contribution in [2.24, 2.45) is 5.92 Å². The first-order valence-electron chi connectivity index (χ1n) is 7.89. The molecule has 118 valence electrons. The van der Waals surface area contributed by atoms with E-state index in [0.29, 0.717) is 19.6 Å². The number of nitrogens with zero attached hydrogens (tertiary/aromatic N) is 3. The molecule has 0 aliphatic carbocycles. The summed E-state index contributed by atoms with van der Waals surface area (Å²) in [5.74, 6) is 0.114. The molecule has 1 aromatic carbocycles. The largest absolute Gasteiger partial charge is 0.375 e. The Balaban J connectivity index is 1.62. The zero-order chi connectivity index (χ0) is 15.8. The first-order chi connectivity index (χ1) is 10.7. The standard InChI is InChI=1S/C17H24N4O/c1-20(16-6-3-2-4-7-16)11-5-10-19-17(22)21-12-8-15(14-18)9-13-21/h2-4,6-7,15H,5,8-13H2,1H3,(H,19,22). The van der Waals surface area contributed by atoms with Crippen LogP contribution in [0.25, 0.3) is 0 Å². The maximum absolute atomic E-state index is 12.0. The van der Waals surface area contributed by atoms with Crippen LogP contribution in [-0.4, -0.2) is 44.2 Å². The summed E-state index contributed by atoms with van der Waals surface area (Å²) in [5, 5.41) is 11.8. The van der Waals surface area contributed by atoms with E-state index in [-0.39, 0.29) is 11.9 Å². The van der Waals surface area contributed by atoms with Crippen molar-refractivity contribution in [2.45, 2.75) is 19.3 Å². The number of piperidine rings is 1. The number of carbonyl (C=O) groups excluding carboxylic acids is 1. The number of rotatable bonds is 5. The fourth-order valence-electron chi connectivity index (χ4n) is 2.65. The lowest BCUT2D eigenvalue weighted by Gasteiger charge is -2.29. The van der Waals surface area contributed by atoms with Gasteiger partial charge in [-0.3, -0.25) is 0 Å². The normalized spacial score (nSPS) is 15.2. The molecule has 0 radical (unpaired) electrons. The van der Waals surface area contributed by atoms with Crippen LogP contribution in [0.1, 0.15) is 19.3 Å². The summed E-state index contributed by atoms with van der Waals surface area (Å²) >= 11 is 0. The van der Waals surface area contributed by atoms with E-state index in [4.69, 9.17) is 5.26 Å². The van der Waals surface area contributed by atoms with Crippen LogP contribution in [0.2, 0.25) is 0 Å². The van der Waals surface area contributed by atoms with Gasteiger partial charge in [0.05, 0.1) is 6.07 Å². The minimum Gasteiger partial charge on any atom is -0.375 e. The number of hydrogen-bond acceptors (Lipinski definition) is 3. The minimum absolute atomic E-state index is 0.00115. The van der Waals surface area contributed by atoms with Crippen molar-refractivity contribution < 1.29 is 4.79 Å². The third-order valence-corrected chi connectivity index (χ3v) is 4.11. The summed E-state index contributed by atoms with van der Waals surface area (Å²) in [6.07, 6.45) is 2.49. The number of urea groups is 1. The van der Waals surface area contributed by atoms with Crippen molar-refractivity contribution in [1.82, 2.24) is 10.2 Å². The summed E-state index contributed by atoms with van der Waals surface area (Å²) in [7, 11) is 2.06. The van der Waals surface area contributed by atoms with Crippen molar-refractivity contribution in [1.29, 1.82) is 5.26 Å². The van der Waals surface area contributed by atoms with Crippen LogP contribution in [0.4, 0.5) is 10.5 Å². The van der Waals surface area contributed by atoms with Gasteiger partial charge in [-0.25, -0.2) is 4.79 Å². The number of para-hydroxylation sites is 1. The number of anilines is 1. The molecule has 0 atom stereocenters. The van der Waals surface area contributed by atoms with E-state index in [1.165, 1.54) is 5.69 Å². The molecule has 0 unspecified atom stereocenters. The van der Waals surface area contributed by atoms with Gasteiger partial charge in [-0.2, -0.15) is 5.26 Å². The summed E-state index contributed by atoms with van der Waals surface area (Å²) < 4.78 is 0. The monoisotopic (exact) mass is 300 g/mol. The maximum Gasteiger partial charge on any atom is 0.317 e. The highest BCUT2D eigenvalue weighted by atomic mass is 16.2. The zero-order valence-corrected chi connectivity index (χ0v) is 13.2. The smallest absolute Gasteiger partial charge is 0.317 e. The lowest BCUT2D eigenvalue weighted by atomic mass is 9.99. The Morgan fingerprint density at radius 2 is 2.05 bits per heavy atom. The minimum atomic E-state index is -0.00115. The quantitative estimate of drug-likeness (QED) is 0.850. The Hall–Kier alpha value is -2.22. The van der Waals surface area contributed by atoms with Crippen molar-refractivity contribution in [3.63, 3.8) is 0 Å². The molecule has 5 heteroatoms. The summed E-state index contributed by atoms with van der Waals surface area (Å²) in [4.78, 5) is 16.0. The number of nitrogens with one attached hydrogen (secondary N) is 1. The molecule has 0 spiro atoms. The SMILES string of the molecule is CN(CCCNC(=O)N1CCC(C#N)CC1)c1ccccc1. The molecule has 5 nitrogen and oxygen atoms in total. The Morgan fingerprint density at radius 3 is 2.68 bits per heavy atom. The van der Waals surface area contributed by atoms with Crippen molar-refractivity contribution in [3.05, 3.63) is 30.3 Å². The summed E-state index contributed by atoms with van der Waals surface area (Å²) in [5.41, 5.74) is 1.19. The highest BCUT2D eigenvalue weighted by Gasteiger charge is 2.21. The molecular formula is C17H24N4O. The van der Waals surface area contributed by atoms with E-state index in [0.717, 1.165) is 25.8 Å². The van der Waals surface area contributed by atoms with Crippen molar-refractivity contribution in [2.75, 3.05) is 38.1 Å². The molecule has 2 amide bonds. The third-order valence-electron chi connectivity index (χ3n) is 4.11. The summed E-state index contributed by atoms with van der Waals surface area (Å²) in [6.45, 7) is 2.96. The van der Waals surface area contributed by atoms with Gasteiger partial charge in [0.15, 0.2) is 0 Å². The molecule has 22 heavy (non-hydrogen) atoms. The van der Waals surface area contributed by atoms with E-state index in [9.17, 15) is 4.79 Å². The fraction of sp³-hybridized carbons (Fsp3) is 0.529. The van der Waals surface area contributed by atoms with Crippen LogP contribution >= 0.6 is 0 Å². The molecule has 1 heterocycles. The van der Waals surface area contributed by atoms with E-state index in [1.807, 2.05) is 23.1 Å². The third kappa shape index (κ3) is 4.66. The lowest BCUT2D eigenvalue weighted by molar-refractivity contribution is 0.179. The van der Waals surface area contributed by atoms with Crippen LogP contribution in [-0.2, 0) is 0 Å². The highest BCUT2D eigenvalue weighted by molar-refractivity contribution is 5.74. The Labute approximate surface area is 132 Å². The average molecular weight is 300 g/mol. The molecule has 1 N–H and O–H groups in total. The van der Waals surface area contributed by atoms with Crippen LogP contribution in [0.3, 0.4) is 0 Å². The molecule has 1 saturated heterocycles. The molecule has 0 saturated carbocycles. The second-order valence-corrected chi connectivity index (χ2v) is 5.73. The number of nitriles is 1. The van der Waals surface area contributed by atoms with E-state index >= 15 is 0 Å². The van der Waals surface area contributed by atoms with Gasteiger partial charge in [-0.05, 0) is 31.4 Å². The fourth-order valence-corrected chi connectivity index (χ4v) is 2.65. The van der Waals surface area contributed by atoms with Crippen molar-refractivity contribution >= 4 is 11.7 Å². The molecule has 0 bridgehead atoms. The van der Waals surface area contributed by atoms with Crippen LogP contribution in [0.5, 0.6) is 0 Å². The van der Waals surface area contributed by atoms with E-state index in [2.05, 4.69) is 35.5 Å². The van der Waals surface area contributed by atoms with E-state index in [1.54, 1.807) is 0 Å². The second kappa shape index (κ2) is 8.28. The Morgan fingerprint density at radius 1 is 1.36 bits per heavy atom. The number of amides is 2. The van der Waals surface area contributed by atoms with Gasteiger partial charge in [0.1, 0.15) is 0 Å². The topological polar surface area (TPSA) is 59.4 Å². The molecule has 2 rings (SSSR count). The predicted molar refractivity (Wildman–Crippen MR) is 87.6 cm³/mol. The highest BCUT2D eigenvalue weighted by Crippen LogP contribution is 2.15. The molecule has 1 aromatic rings. The van der Waals surface area contributed by atoms with Gasteiger partial charge in [-0.1, -0.05) is 18.2 Å². The predicted octanol–water partition coefficient (Wildman–Crippen LogP) is 2.46. The van der Waals surface area contributed by atoms with Crippen LogP contribution in [0, 0.1) is 17.2 Å². The number of benzene rings is 1. The first-order valence-corrected chi connectivity index (χ1v) is 7.89. The van der Waals surface area contributed by atoms with Gasteiger partial charge in [-0.15, -0.1) is 0 Å². The lowest BCUT2D eigenvalue weighted by Crippen LogP contribution is -2.44. The second-order valence-electron chi connectivity index (χ2n) is 5.73. The molecule has 1 fully saturated rings. The van der Waals surface area contributed by atoms with Crippen LogP contribution < -0.4 is 10.2 Å². The first kappa shape index (κ1) is 16.2. The number of hydrogen-bond donors (Lipinski definition) is 1. The molecule has 0 aromatic heterocycles. The maximum atomic E-state index is 12.0. The van der Waals surface area contributed by atoms with Gasteiger partial charge in [0.25, 0.3) is 0 Å². The molecular weight excluding hydrogens is 276 g/mol. The average Bonchev–Trinajstić information content (AvgIpc) is 2.59. The Kier molecular flexibility index (Phi) is 6.08. The number of carbonyl (C=O) groups is 1. The number of likely N-dealkylation sites (tertiary alicyclic amines) is 1. The van der Waals surface area contributed by atoms with Gasteiger partial charge in [0, 0.05) is 44.8 Å². The van der Waals surface area contributed by atoms with Crippen molar-refractivity contribution in [3.8, 4) is 6.07 Å². The molecule has 1 aliphatic heterocycles. The Bertz CT molecular complexity index is 503. The van der Waals surface area contributed by atoms with Gasteiger partial charge < -0.3 is 15.1 Å². The molecule has 1 aliphatic rings. The zero-order valence-electron chi connectivity index (χ0n) is 13.2. The van der Waals surface area contributed by atoms with Crippen LogP contribution in [0.15, 0.2) is 30.3 Å². The summed E-state index contributed by atoms with van der Waals surface area (Å²) in [6, 6.07) is 12.5.